The maximum Gasteiger partial charge on any atom is 0.250 e. The van der Waals surface area contributed by atoms with Crippen LogP contribution in [0.1, 0.15) is 13.0 Å². The second kappa shape index (κ2) is 9.33. The molecule has 0 saturated carbocycles. The van der Waals surface area contributed by atoms with Crippen LogP contribution in [-0.4, -0.2) is 65.1 Å². The van der Waals surface area contributed by atoms with Gasteiger partial charge < -0.3 is 10.1 Å². The van der Waals surface area contributed by atoms with Crippen molar-refractivity contribution in [1.29, 1.82) is 0 Å². The van der Waals surface area contributed by atoms with E-state index in [1.54, 1.807) is 43.3 Å². The maximum atomic E-state index is 12.9. The minimum absolute atomic E-state index is 0.105. The van der Waals surface area contributed by atoms with Crippen LogP contribution in [-0.2, 0) is 19.6 Å². The highest BCUT2D eigenvalue weighted by Crippen LogP contribution is 2.22. The predicted molar refractivity (Wildman–Crippen MR) is 118 cm³/mol. The van der Waals surface area contributed by atoms with Crippen LogP contribution >= 0.6 is 11.6 Å². The Hall–Kier alpha value is -2.86. The van der Waals surface area contributed by atoms with Crippen LogP contribution in [0.3, 0.4) is 0 Å². The molecule has 0 spiro atoms. The molecule has 1 unspecified atom stereocenters. The number of carbonyl (C=O) groups excluding carboxylic acids is 1. The Bertz CT molecular complexity index is 1210. The molecule has 2 aromatic carbocycles. The number of hydrogen-bond donors (Lipinski definition) is 1. The summed E-state index contributed by atoms with van der Waals surface area (Å²) in [7, 11) is -3.67. The third-order valence-electron chi connectivity index (χ3n) is 4.97. The molecule has 0 aliphatic carbocycles. The van der Waals surface area contributed by atoms with E-state index in [0.717, 1.165) is 0 Å². The summed E-state index contributed by atoms with van der Waals surface area (Å²) in [5.41, 5.74) is 1.07. The number of ether oxygens (including phenoxy) is 1. The molecule has 1 saturated heterocycles. The number of nitrogens with one attached hydrogen (secondary N) is 1. The SMILES string of the molecule is CC(C(=O)Nc1cccc(S(=O)(=O)N2CCOCC2)c1)n1nnc(-c2ccc(Cl)cc2)n1. The molecule has 0 radical (unpaired) electrons. The van der Waals surface area contributed by atoms with Gasteiger partial charge in [0.2, 0.25) is 15.8 Å². The summed E-state index contributed by atoms with van der Waals surface area (Å²) in [6, 6.07) is 12.3. The second-order valence-corrected chi connectivity index (χ2v) is 9.52. The Morgan fingerprint density at radius 2 is 1.88 bits per heavy atom. The first-order chi connectivity index (χ1) is 15.3. The third-order valence-corrected chi connectivity index (χ3v) is 7.11. The van der Waals surface area contributed by atoms with Gasteiger partial charge in [-0.2, -0.15) is 9.10 Å². The van der Waals surface area contributed by atoms with E-state index in [1.807, 2.05) is 0 Å². The van der Waals surface area contributed by atoms with Gasteiger partial charge in [-0.05, 0) is 54.6 Å². The number of amides is 1. The van der Waals surface area contributed by atoms with Gasteiger partial charge in [0, 0.05) is 29.4 Å². The average molecular weight is 477 g/mol. The van der Waals surface area contributed by atoms with Crippen molar-refractivity contribution in [3.8, 4) is 11.4 Å². The molecule has 32 heavy (non-hydrogen) atoms. The van der Waals surface area contributed by atoms with Crippen molar-refractivity contribution in [3.05, 3.63) is 53.6 Å². The number of aromatic nitrogens is 4. The van der Waals surface area contributed by atoms with Crippen LogP contribution < -0.4 is 5.32 Å². The molecule has 1 aliphatic rings. The number of carbonyl (C=O) groups is 1. The van der Waals surface area contributed by atoms with Crippen LogP contribution in [0.2, 0.25) is 5.02 Å². The molecule has 0 bridgehead atoms. The number of tetrazole rings is 1. The summed E-state index contributed by atoms with van der Waals surface area (Å²) in [5, 5.41) is 15.5. The van der Waals surface area contributed by atoms with E-state index in [-0.39, 0.29) is 4.90 Å². The van der Waals surface area contributed by atoms with Crippen molar-refractivity contribution >= 4 is 33.2 Å². The van der Waals surface area contributed by atoms with E-state index in [2.05, 4.69) is 20.7 Å². The Morgan fingerprint density at radius 1 is 1.16 bits per heavy atom. The average Bonchev–Trinajstić information content (AvgIpc) is 3.30. The zero-order valence-electron chi connectivity index (χ0n) is 17.2. The molecule has 3 aromatic rings. The smallest absolute Gasteiger partial charge is 0.250 e. The van der Waals surface area contributed by atoms with Gasteiger partial charge in [0.1, 0.15) is 6.04 Å². The molecular formula is C20H21ClN6O4S. The summed E-state index contributed by atoms with van der Waals surface area (Å²) < 4.78 is 32.3. The zero-order valence-corrected chi connectivity index (χ0v) is 18.8. The predicted octanol–water partition coefficient (Wildman–Crippen LogP) is 2.21. The lowest BCUT2D eigenvalue weighted by Gasteiger charge is -2.26. The molecule has 1 aliphatic heterocycles. The normalized spacial score (nSPS) is 15.9. The number of nitrogens with zero attached hydrogens (tertiary/aromatic N) is 5. The summed E-state index contributed by atoms with van der Waals surface area (Å²) in [6.07, 6.45) is 0. The number of anilines is 1. The lowest BCUT2D eigenvalue weighted by atomic mass is 10.2. The van der Waals surface area contributed by atoms with Crippen LogP contribution in [0, 0.1) is 0 Å². The lowest BCUT2D eigenvalue weighted by Crippen LogP contribution is -2.40. The molecule has 12 heteroatoms. The molecule has 1 amide bonds. The van der Waals surface area contributed by atoms with Crippen molar-refractivity contribution in [2.24, 2.45) is 0 Å². The maximum absolute atomic E-state index is 12.9. The lowest BCUT2D eigenvalue weighted by molar-refractivity contribution is -0.119. The minimum atomic E-state index is -3.67. The number of morpholine rings is 1. The van der Waals surface area contributed by atoms with E-state index in [4.69, 9.17) is 16.3 Å². The summed E-state index contributed by atoms with van der Waals surface area (Å²) in [4.78, 5) is 14.0. The standard InChI is InChI=1S/C20H21ClN6O4S/c1-14(27-24-19(23-25-27)15-5-7-16(21)8-6-15)20(28)22-17-3-2-4-18(13-17)32(29,30)26-9-11-31-12-10-26/h2-8,13-14H,9-12H2,1H3,(H,22,28). The van der Waals surface area contributed by atoms with Gasteiger partial charge in [0.05, 0.1) is 18.1 Å². The Balaban J connectivity index is 1.47. The summed E-state index contributed by atoms with van der Waals surface area (Å²) >= 11 is 5.90. The molecule has 1 N–H and O–H groups in total. The van der Waals surface area contributed by atoms with Crippen molar-refractivity contribution in [3.63, 3.8) is 0 Å². The van der Waals surface area contributed by atoms with Crippen molar-refractivity contribution in [2.75, 3.05) is 31.6 Å². The van der Waals surface area contributed by atoms with Gasteiger partial charge in [0.15, 0.2) is 0 Å². The van der Waals surface area contributed by atoms with E-state index < -0.39 is 22.0 Å². The van der Waals surface area contributed by atoms with Crippen LogP contribution in [0.25, 0.3) is 11.4 Å². The summed E-state index contributed by atoms with van der Waals surface area (Å²) in [5.74, 6) is -0.0501. The molecular weight excluding hydrogens is 456 g/mol. The fourth-order valence-corrected chi connectivity index (χ4v) is 4.71. The quantitative estimate of drug-likeness (QED) is 0.579. The van der Waals surface area contributed by atoms with E-state index >= 15 is 0 Å². The monoisotopic (exact) mass is 476 g/mol. The minimum Gasteiger partial charge on any atom is -0.379 e. The number of sulfonamides is 1. The Kier molecular flexibility index (Phi) is 6.51. The van der Waals surface area contributed by atoms with Crippen LogP contribution in [0.15, 0.2) is 53.4 Å². The number of halogens is 1. The highest BCUT2D eigenvalue weighted by atomic mass is 35.5. The van der Waals surface area contributed by atoms with Crippen molar-refractivity contribution in [1.82, 2.24) is 24.5 Å². The van der Waals surface area contributed by atoms with Crippen LogP contribution in [0.5, 0.6) is 0 Å². The van der Waals surface area contributed by atoms with Gasteiger partial charge >= 0.3 is 0 Å². The third kappa shape index (κ3) is 4.80. The van der Waals surface area contributed by atoms with E-state index in [9.17, 15) is 13.2 Å². The molecule has 1 fully saturated rings. The van der Waals surface area contributed by atoms with Gasteiger partial charge in [-0.25, -0.2) is 8.42 Å². The van der Waals surface area contributed by atoms with Crippen molar-refractivity contribution < 1.29 is 17.9 Å². The zero-order chi connectivity index (χ0) is 22.7. The highest BCUT2D eigenvalue weighted by Gasteiger charge is 2.27. The molecule has 1 aromatic heterocycles. The fraction of sp³-hybridized carbons (Fsp3) is 0.300. The number of benzene rings is 2. The Labute approximate surface area is 190 Å². The molecule has 1 atom stereocenters. The molecule has 168 valence electrons. The highest BCUT2D eigenvalue weighted by molar-refractivity contribution is 7.89. The van der Waals surface area contributed by atoms with E-state index in [0.29, 0.717) is 48.4 Å². The fourth-order valence-electron chi connectivity index (χ4n) is 3.13. The van der Waals surface area contributed by atoms with Gasteiger partial charge in [-0.3, -0.25) is 4.79 Å². The van der Waals surface area contributed by atoms with Gasteiger partial charge in [0.25, 0.3) is 5.91 Å². The van der Waals surface area contributed by atoms with Crippen molar-refractivity contribution in [2.45, 2.75) is 17.9 Å². The van der Waals surface area contributed by atoms with E-state index in [1.165, 1.54) is 21.2 Å². The van der Waals surface area contributed by atoms with Gasteiger partial charge in [-0.1, -0.05) is 17.7 Å². The first-order valence-electron chi connectivity index (χ1n) is 9.89. The molecule has 10 nitrogen and oxygen atoms in total. The van der Waals surface area contributed by atoms with Crippen LogP contribution in [0.4, 0.5) is 5.69 Å². The topological polar surface area (TPSA) is 119 Å². The number of hydrogen-bond acceptors (Lipinski definition) is 7. The number of rotatable bonds is 6. The molecule has 2 heterocycles. The summed E-state index contributed by atoms with van der Waals surface area (Å²) in [6.45, 7) is 2.93. The van der Waals surface area contributed by atoms with Gasteiger partial charge in [-0.15, -0.1) is 10.2 Å². The molecule has 4 rings (SSSR count). The first kappa shape index (κ1) is 22.3. The largest absolute Gasteiger partial charge is 0.379 e. The Morgan fingerprint density at radius 3 is 2.59 bits per heavy atom. The second-order valence-electron chi connectivity index (χ2n) is 7.15. The first-order valence-corrected chi connectivity index (χ1v) is 11.7.